The minimum absolute atomic E-state index is 0. The molecule has 4 aliphatic heterocycles. The van der Waals surface area contributed by atoms with E-state index < -0.39 is 0 Å². The molecule has 4 fully saturated rings. The summed E-state index contributed by atoms with van der Waals surface area (Å²) in [5.74, 6) is 0. The van der Waals surface area contributed by atoms with Gasteiger partial charge in [0.1, 0.15) is 0 Å². The number of rotatable bonds is 0. The van der Waals surface area contributed by atoms with E-state index in [0.717, 1.165) is 0 Å². The van der Waals surface area contributed by atoms with Gasteiger partial charge in [-0.15, -0.1) is 12.1 Å². The van der Waals surface area contributed by atoms with E-state index in [1.54, 1.807) is 0 Å². The Labute approximate surface area is 183 Å². The van der Waals surface area contributed by atoms with Crippen molar-refractivity contribution >= 4 is 11.6 Å². The molecule has 5 nitrogen and oxygen atoms in total. The second-order valence-electron chi connectivity index (χ2n) is 8.30. The van der Waals surface area contributed by atoms with E-state index in [-0.39, 0.29) is 17.1 Å². The third kappa shape index (κ3) is 9.77. The standard InChI is InChI=1S/C19H38N5.CH2Cl.Mn/c1-21-8-4-10-23-14-12-22(2)13-15-24(11-5-9-21)17-19-7-3-6-18(16-23)20-19;1-2;/h18-19H,3-17H2,1-2H3;1H2;/q2*-1;. The topological polar surface area (TPSA) is 27.1 Å². The molecule has 0 aromatic rings. The predicted octanol–water partition coefficient (Wildman–Crippen LogP) is 2.57. The third-order valence-corrected chi connectivity index (χ3v) is 6.06. The van der Waals surface area contributed by atoms with Crippen LogP contribution in [-0.2, 0) is 17.1 Å². The number of likely N-dealkylation sites (N-methyl/N-ethyl adjacent to an activating group) is 1. The Bertz CT molecular complexity index is 346. The molecule has 0 aromatic heterocycles. The average Bonchev–Trinajstić information content (AvgIpc) is 2.64. The van der Waals surface area contributed by atoms with Gasteiger partial charge in [-0.2, -0.15) is 0 Å². The quantitative estimate of drug-likeness (QED) is 0.427. The summed E-state index contributed by atoms with van der Waals surface area (Å²) in [5, 5.41) is 5.25. The van der Waals surface area contributed by atoms with Crippen LogP contribution in [0.1, 0.15) is 32.1 Å². The first-order valence-corrected chi connectivity index (χ1v) is 11.0. The SMILES string of the molecule is CN1CCCN2CCN(C)CCN(CCC1)CC1CCCC(C2)[N-]1.[CH2-]Cl.[Mn]. The van der Waals surface area contributed by atoms with E-state index in [1.165, 1.54) is 97.6 Å². The second kappa shape index (κ2) is 14.6. The van der Waals surface area contributed by atoms with Gasteiger partial charge in [-0.05, 0) is 66.2 Å². The monoisotopic (exact) mass is 440 g/mol. The normalized spacial score (nSPS) is 34.7. The first-order valence-electron chi connectivity index (χ1n) is 10.5. The number of piperidine rings is 1. The van der Waals surface area contributed by atoms with Crippen LogP contribution in [0.4, 0.5) is 0 Å². The summed E-state index contributed by atoms with van der Waals surface area (Å²) in [4.78, 5) is 10.5. The van der Waals surface area contributed by atoms with Crippen LogP contribution in [0, 0.1) is 6.38 Å². The zero-order chi connectivity index (χ0) is 18.8. The molecule has 27 heavy (non-hydrogen) atoms. The molecule has 0 spiro atoms. The van der Waals surface area contributed by atoms with Crippen LogP contribution in [0.15, 0.2) is 0 Å². The first kappa shape index (κ1) is 25.6. The van der Waals surface area contributed by atoms with Gasteiger partial charge >= 0.3 is 0 Å². The maximum absolute atomic E-state index is 5.25. The molecule has 4 rings (SSSR count). The summed E-state index contributed by atoms with van der Waals surface area (Å²) in [5.41, 5.74) is 0. The third-order valence-electron chi connectivity index (χ3n) is 6.06. The molecular formula is C20H40ClMnN5-2. The molecule has 4 aliphatic rings. The van der Waals surface area contributed by atoms with Crippen LogP contribution in [0.2, 0.25) is 0 Å². The van der Waals surface area contributed by atoms with Crippen molar-refractivity contribution in [2.24, 2.45) is 0 Å². The van der Waals surface area contributed by atoms with Crippen molar-refractivity contribution in [2.45, 2.75) is 44.2 Å². The van der Waals surface area contributed by atoms with Crippen LogP contribution < -0.4 is 0 Å². The van der Waals surface area contributed by atoms with Gasteiger partial charge in [0, 0.05) is 43.2 Å². The molecule has 4 heterocycles. The van der Waals surface area contributed by atoms with Crippen LogP contribution in [0.25, 0.3) is 5.32 Å². The summed E-state index contributed by atoms with van der Waals surface area (Å²) in [6.07, 6.45) is 9.30. The molecule has 4 saturated heterocycles. The van der Waals surface area contributed by atoms with Gasteiger partial charge in [0.05, 0.1) is 0 Å². The molecule has 4 bridgehead atoms. The largest absolute Gasteiger partial charge is 0.655 e. The van der Waals surface area contributed by atoms with Crippen molar-refractivity contribution < 1.29 is 17.1 Å². The Hall–Kier alpha value is 0.609. The Morgan fingerprint density at radius 1 is 0.667 bits per heavy atom. The Balaban J connectivity index is 0.00000118. The van der Waals surface area contributed by atoms with E-state index in [0.29, 0.717) is 12.1 Å². The van der Waals surface area contributed by atoms with Crippen LogP contribution in [0.5, 0.6) is 0 Å². The van der Waals surface area contributed by atoms with Crippen molar-refractivity contribution in [2.75, 3.05) is 79.5 Å². The number of halogens is 1. The van der Waals surface area contributed by atoms with Gasteiger partial charge in [-0.1, -0.05) is 19.3 Å². The van der Waals surface area contributed by atoms with Crippen molar-refractivity contribution in [1.82, 2.24) is 19.6 Å². The number of nitrogens with zero attached hydrogens (tertiary/aromatic N) is 5. The van der Waals surface area contributed by atoms with Gasteiger partial charge in [0.15, 0.2) is 0 Å². The van der Waals surface area contributed by atoms with Crippen LogP contribution >= 0.6 is 11.6 Å². The Kier molecular flexibility index (Phi) is 13.8. The smallest absolute Gasteiger partial charge is 0.0109 e. The fourth-order valence-electron chi connectivity index (χ4n) is 4.47. The second-order valence-corrected chi connectivity index (χ2v) is 8.30. The molecule has 1 radical (unpaired) electrons. The minimum Gasteiger partial charge on any atom is -0.655 e. The molecule has 0 N–H and O–H groups in total. The van der Waals surface area contributed by atoms with Crippen molar-refractivity contribution in [1.29, 1.82) is 0 Å². The molecule has 0 aromatic carbocycles. The van der Waals surface area contributed by atoms with E-state index in [1.807, 2.05) is 0 Å². The Morgan fingerprint density at radius 3 is 1.59 bits per heavy atom. The van der Waals surface area contributed by atoms with Crippen molar-refractivity contribution in [3.05, 3.63) is 11.7 Å². The summed E-state index contributed by atoms with van der Waals surface area (Å²) < 4.78 is 0. The molecule has 7 heteroatoms. The maximum Gasteiger partial charge on any atom is 0.0109 e. The summed E-state index contributed by atoms with van der Waals surface area (Å²) in [7, 11) is 4.59. The molecular weight excluding hydrogens is 401 g/mol. The fraction of sp³-hybridized carbons (Fsp3) is 0.950. The zero-order valence-electron chi connectivity index (χ0n) is 17.5. The summed E-state index contributed by atoms with van der Waals surface area (Å²) in [6.45, 7) is 12.1. The molecule has 161 valence electrons. The van der Waals surface area contributed by atoms with Crippen LogP contribution in [-0.4, -0.2) is 111 Å². The van der Waals surface area contributed by atoms with Gasteiger partial charge in [-0.25, -0.2) is 0 Å². The number of hydrogen-bond acceptors (Lipinski definition) is 4. The van der Waals surface area contributed by atoms with Crippen molar-refractivity contribution in [3.63, 3.8) is 0 Å². The number of fused-ring (bicyclic) bond motifs is 10. The average molecular weight is 441 g/mol. The van der Waals surface area contributed by atoms with Crippen LogP contribution in [0.3, 0.4) is 0 Å². The van der Waals surface area contributed by atoms with Crippen molar-refractivity contribution in [3.8, 4) is 0 Å². The Morgan fingerprint density at radius 2 is 1.11 bits per heavy atom. The van der Waals surface area contributed by atoms with Gasteiger partial charge in [0.25, 0.3) is 0 Å². The van der Waals surface area contributed by atoms with Gasteiger partial charge in [0.2, 0.25) is 0 Å². The molecule has 0 saturated carbocycles. The van der Waals surface area contributed by atoms with E-state index >= 15 is 0 Å². The predicted molar refractivity (Wildman–Crippen MR) is 113 cm³/mol. The zero-order valence-corrected chi connectivity index (χ0v) is 19.4. The number of hydrogen-bond donors (Lipinski definition) is 0. The van der Waals surface area contributed by atoms with E-state index in [2.05, 4.69) is 51.7 Å². The summed E-state index contributed by atoms with van der Waals surface area (Å²) >= 11 is 4.39. The van der Waals surface area contributed by atoms with E-state index in [9.17, 15) is 0 Å². The van der Waals surface area contributed by atoms with Gasteiger partial charge < -0.3 is 36.5 Å². The molecule has 0 aliphatic carbocycles. The summed E-state index contributed by atoms with van der Waals surface area (Å²) in [6, 6.07) is 1.16. The molecule has 0 amide bonds. The van der Waals surface area contributed by atoms with Gasteiger partial charge in [-0.3, -0.25) is 6.38 Å². The molecule has 4 unspecified atom stereocenters. The minimum atomic E-state index is 0. The maximum atomic E-state index is 5.25. The fourth-order valence-corrected chi connectivity index (χ4v) is 4.47. The van der Waals surface area contributed by atoms with E-state index in [4.69, 9.17) is 5.32 Å². The first-order chi connectivity index (χ1) is 12.7. The molecule has 4 atom stereocenters.